The molecule has 0 radical (unpaired) electrons. The minimum absolute atomic E-state index is 0. The average molecular weight is 452 g/mol. The number of rotatable bonds is 6. The number of anilines is 1. The highest BCUT2D eigenvalue weighted by molar-refractivity contribution is 6.02. The van der Waals surface area contributed by atoms with Gasteiger partial charge in [-0.05, 0) is 82.5 Å². The molecule has 0 saturated heterocycles. The first-order valence-corrected chi connectivity index (χ1v) is 11.3. The zero-order valence-corrected chi connectivity index (χ0v) is 19.4. The number of carbonyl (C=O) groups excluding carboxylic acids is 2. The van der Waals surface area contributed by atoms with Crippen molar-refractivity contribution < 1.29 is 21.9 Å². The zero-order chi connectivity index (χ0) is 23.4. The Morgan fingerprint density at radius 2 is 1.82 bits per heavy atom. The van der Waals surface area contributed by atoms with Gasteiger partial charge in [0.2, 0.25) is 18.6 Å². The molecule has 33 heavy (non-hydrogen) atoms. The highest BCUT2D eigenvalue weighted by atomic mass is 16.7. The lowest BCUT2D eigenvalue weighted by Gasteiger charge is -2.24. The predicted molar refractivity (Wildman–Crippen MR) is 131 cm³/mol. The number of benzene rings is 2. The van der Waals surface area contributed by atoms with E-state index in [9.17, 15) is 9.59 Å². The first-order chi connectivity index (χ1) is 15.7. The van der Waals surface area contributed by atoms with Crippen LogP contribution in [0.5, 0.6) is 11.5 Å². The highest BCUT2D eigenvalue weighted by Crippen LogP contribution is 2.51. The van der Waals surface area contributed by atoms with E-state index in [0.29, 0.717) is 11.5 Å². The van der Waals surface area contributed by atoms with Gasteiger partial charge in [-0.2, -0.15) is 0 Å². The van der Waals surface area contributed by atoms with E-state index in [1.165, 1.54) is 0 Å². The number of aromatic amines is 1. The summed E-state index contributed by atoms with van der Waals surface area (Å²) >= 11 is 0. The highest BCUT2D eigenvalue weighted by Gasteiger charge is 2.51. The molecule has 2 aliphatic rings. The Hall–Kier alpha value is -3.48. The summed E-state index contributed by atoms with van der Waals surface area (Å²) in [5, 5.41) is 7.03. The van der Waals surface area contributed by atoms with Crippen LogP contribution in [0.25, 0.3) is 10.9 Å². The summed E-state index contributed by atoms with van der Waals surface area (Å²) < 4.78 is 10.9. The maximum Gasteiger partial charge on any atom is 0.235 e. The summed E-state index contributed by atoms with van der Waals surface area (Å²) in [7, 11) is 0. The minimum atomic E-state index is -0.704. The first kappa shape index (κ1) is 21.4. The van der Waals surface area contributed by atoms with Gasteiger partial charge in [-0.25, -0.2) is 0 Å². The van der Waals surface area contributed by atoms with Crippen LogP contribution in [0.1, 0.15) is 54.6 Å². The molecule has 1 aliphatic heterocycles. The van der Waals surface area contributed by atoms with Crippen molar-refractivity contribution in [2.75, 3.05) is 12.1 Å². The molecule has 1 aromatic heterocycles. The standard InChI is InChI=1S/C26H29N3O4.2H2/c1-15(2)27-23(30)25(3,4)22-12-16-11-18(6-7-19(16)29-22)28-24(31)26(9-10-26)17-5-8-20-21(13-17)33-14-32-20;;/h5-8,11-13,15,29H,9-10,14H2,1-4H3,(H,27,30)(H,28,31);2*1H. The maximum atomic E-state index is 13.2. The minimum Gasteiger partial charge on any atom is -0.454 e. The molecular weight excluding hydrogens is 418 g/mol. The molecule has 176 valence electrons. The van der Waals surface area contributed by atoms with Crippen LogP contribution in [0.4, 0.5) is 5.69 Å². The van der Waals surface area contributed by atoms with E-state index in [4.69, 9.17) is 9.47 Å². The van der Waals surface area contributed by atoms with Gasteiger partial charge in [0.05, 0.1) is 10.8 Å². The van der Waals surface area contributed by atoms with Crippen LogP contribution in [0.15, 0.2) is 42.5 Å². The van der Waals surface area contributed by atoms with Crippen molar-refractivity contribution in [3.8, 4) is 11.5 Å². The average Bonchev–Trinajstić information content (AvgIpc) is 3.25. The van der Waals surface area contributed by atoms with Crippen molar-refractivity contribution in [2.45, 2.75) is 57.4 Å². The lowest BCUT2D eigenvalue weighted by Crippen LogP contribution is -2.43. The summed E-state index contributed by atoms with van der Waals surface area (Å²) in [5.74, 6) is 1.36. The molecule has 5 rings (SSSR count). The number of nitrogens with one attached hydrogen (secondary N) is 3. The van der Waals surface area contributed by atoms with E-state index in [1.54, 1.807) is 0 Å². The molecule has 1 aliphatic carbocycles. The third-order valence-corrected chi connectivity index (χ3v) is 6.65. The smallest absolute Gasteiger partial charge is 0.235 e. The Morgan fingerprint density at radius 3 is 2.55 bits per heavy atom. The fourth-order valence-electron chi connectivity index (χ4n) is 4.33. The van der Waals surface area contributed by atoms with E-state index < -0.39 is 10.8 Å². The largest absolute Gasteiger partial charge is 0.454 e. The van der Waals surface area contributed by atoms with Gasteiger partial charge >= 0.3 is 0 Å². The van der Waals surface area contributed by atoms with Crippen molar-refractivity contribution in [3.63, 3.8) is 0 Å². The van der Waals surface area contributed by atoms with Crippen molar-refractivity contribution in [1.82, 2.24) is 10.3 Å². The lowest BCUT2D eigenvalue weighted by molar-refractivity contribution is -0.126. The fourth-order valence-corrected chi connectivity index (χ4v) is 4.33. The Balaban J connectivity index is 0.00000171. The Bertz CT molecular complexity index is 1260. The third kappa shape index (κ3) is 3.71. The Kier molecular flexibility index (Phi) is 4.88. The van der Waals surface area contributed by atoms with E-state index in [2.05, 4.69) is 15.6 Å². The van der Waals surface area contributed by atoms with E-state index in [0.717, 1.165) is 40.7 Å². The molecule has 7 heteroatoms. The molecule has 2 amide bonds. The number of hydrogen-bond donors (Lipinski definition) is 3. The summed E-state index contributed by atoms with van der Waals surface area (Å²) in [6.45, 7) is 7.92. The molecule has 1 saturated carbocycles. The number of carbonyl (C=O) groups is 2. The van der Waals surface area contributed by atoms with Crippen LogP contribution >= 0.6 is 0 Å². The predicted octanol–water partition coefficient (Wildman–Crippen LogP) is 4.86. The molecule has 0 bridgehead atoms. The molecule has 3 aromatic rings. The van der Waals surface area contributed by atoms with Crippen LogP contribution in [0, 0.1) is 0 Å². The van der Waals surface area contributed by atoms with Crippen molar-refractivity contribution in [2.24, 2.45) is 0 Å². The topological polar surface area (TPSA) is 92.5 Å². The molecule has 0 spiro atoms. The number of fused-ring (bicyclic) bond motifs is 2. The van der Waals surface area contributed by atoms with Crippen molar-refractivity contribution in [1.29, 1.82) is 0 Å². The van der Waals surface area contributed by atoms with Gasteiger partial charge in [-0.1, -0.05) is 6.07 Å². The summed E-state index contributed by atoms with van der Waals surface area (Å²) in [6.07, 6.45) is 1.60. The van der Waals surface area contributed by atoms with Crippen LogP contribution in [0.2, 0.25) is 0 Å². The molecule has 2 aromatic carbocycles. The summed E-state index contributed by atoms with van der Waals surface area (Å²) in [6, 6.07) is 13.6. The zero-order valence-electron chi connectivity index (χ0n) is 19.4. The van der Waals surface area contributed by atoms with E-state index in [-0.39, 0.29) is 27.5 Å². The van der Waals surface area contributed by atoms with Gasteiger partial charge in [0.25, 0.3) is 0 Å². The van der Waals surface area contributed by atoms with Gasteiger partial charge in [0.15, 0.2) is 11.5 Å². The SMILES string of the molecule is CC(C)NC(=O)C(C)(C)c1cc2cc(NC(=O)C3(c4ccc5c(c4)OCO5)CC3)ccc2[nH]1.[HH].[HH]. The molecule has 0 atom stereocenters. The van der Waals surface area contributed by atoms with E-state index >= 15 is 0 Å². The summed E-state index contributed by atoms with van der Waals surface area (Å²) in [4.78, 5) is 29.3. The molecular formula is C26H33N3O4. The van der Waals surface area contributed by atoms with Crippen LogP contribution in [-0.4, -0.2) is 29.6 Å². The fraction of sp³-hybridized carbons (Fsp3) is 0.385. The van der Waals surface area contributed by atoms with Crippen LogP contribution in [-0.2, 0) is 20.4 Å². The van der Waals surface area contributed by atoms with E-state index in [1.807, 2.05) is 70.2 Å². The third-order valence-electron chi connectivity index (χ3n) is 6.65. The Morgan fingerprint density at radius 1 is 1.06 bits per heavy atom. The molecule has 1 fully saturated rings. The Labute approximate surface area is 195 Å². The van der Waals surface area contributed by atoms with Gasteiger partial charge in [0, 0.05) is 31.2 Å². The van der Waals surface area contributed by atoms with Gasteiger partial charge < -0.3 is 25.1 Å². The maximum absolute atomic E-state index is 13.2. The molecule has 0 unspecified atom stereocenters. The number of H-pyrrole nitrogens is 1. The number of aromatic nitrogens is 1. The molecule has 3 N–H and O–H groups in total. The van der Waals surface area contributed by atoms with Crippen LogP contribution < -0.4 is 20.1 Å². The first-order valence-electron chi connectivity index (χ1n) is 11.3. The number of amides is 2. The number of ether oxygens (including phenoxy) is 2. The second kappa shape index (κ2) is 7.54. The second-order valence-corrected chi connectivity index (χ2v) is 9.84. The van der Waals surface area contributed by atoms with Gasteiger partial charge in [0.1, 0.15) is 0 Å². The number of hydrogen-bond acceptors (Lipinski definition) is 4. The second-order valence-electron chi connectivity index (χ2n) is 9.84. The van der Waals surface area contributed by atoms with Crippen molar-refractivity contribution >= 4 is 28.4 Å². The van der Waals surface area contributed by atoms with Gasteiger partial charge in [-0.3, -0.25) is 9.59 Å². The molecule has 7 nitrogen and oxygen atoms in total. The van der Waals surface area contributed by atoms with Crippen molar-refractivity contribution in [3.05, 3.63) is 53.7 Å². The lowest BCUT2D eigenvalue weighted by atomic mass is 9.88. The van der Waals surface area contributed by atoms with Crippen LogP contribution in [0.3, 0.4) is 0 Å². The quantitative estimate of drug-likeness (QED) is 0.499. The van der Waals surface area contributed by atoms with Gasteiger partial charge in [-0.15, -0.1) is 0 Å². The summed E-state index contributed by atoms with van der Waals surface area (Å²) in [5.41, 5.74) is 2.20. The monoisotopic (exact) mass is 451 g/mol. The molecule has 2 heterocycles. The normalized spacial score (nSPS) is 16.2.